The van der Waals surface area contributed by atoms with Crippen molar-refractivity contribution in [2.75, 3.05) is 6.79 Å². The average Bonchev–Trinajstić information content (AvgIpc) is 3.33. The number of hydrogen-bond donors (Lipinski definition) is 1. The smallest absolute Gasteiger partial charge is 0.288 e. The summed E-state index contributed by atoms with van der Waals surface area (Å²) in [5.74, 6) is -2.55. The van der Waals surface area contributed by atoms with Gasteiger partial charge >= 0.3 is 0 Å². The van der Waals surface area contributed by atoms with Crippen LogP contribution in [0.5, 0.6) is 11.5 Å². The first-order valence-corrected chi connectivity index (χ1v) is 9.11. The number of rotatable bonds is 5. The Balaban J connectivity index is 1.62. The van der Waals surface area contributed by atoms with Crippen molar-refractivity contribution in [3.05, 3.63) is 70.5 Å². The molecule has 0 saturated heterocycles. The zero-order chi connectivity index (χ0) is 20.6. The van der Waals surface area contributed by atoms with E-state index < -0.39 is 17.5 Å². The summed E-state index contributed by atoms with van der Waals surface area (Å²) in [6, 6.07) is 12.9. The van der Waals surface area contributed by atoms with Crippen LogP contribution in [0.15, 0.2) is 48.5 Å². The lowest BCUT2D eigenvalue weighted by Gasteiger charge is -2.10. The van der Waals surface area contributed by atoms with Gasteiger partial charge in [0.25, 0.3) is 11.8 Å². The molecule has 150 valence electrons. The molecule has 3 aromatic rings. The Morgan fingerprint density at radius 1 is 1.21 bits per heavy atom. The standard InChI is InChI=1S/C20H16ClF2N3O3/c1-20(22,23)18-9-15(26(25-18)14-5-3-2-4-13(14)21)19(27)24-10-12-6-7-16-17(8-12)29-11-28-16/h2-9H,10-11H2,1H3,(H,24,27). The molecule has 29 heavy (non-hydrogen) atoms. The van der Waals surface area contributed by atoms with E-state index in [4.69, 9.17) is 21.1 Å². The fourth-order valence-corrected chi connectivity index (χ4v) is 3.10. The summed E-state index contributed by atoms with van der Waals surface area (Å²) in [6.07, 6.45) is 0. The Labute approximate surface area is 170 Å². The van der Waals surface area contributed by atoms with E-state index in [1.54, 1.807) is 42.5 Å². The molecular formula is C20H16ClF2N3O3. The van der Waals surface area contributed by atoms with Crippen LogP contribution in [0, 0.1) is 0 Å². The van der Waals surface area contributed by atoms with Crippen molar-refractivity contribution in [2.45, 2.75) is 19.4 Å². The van der Waals surface area contributed by atoms with Crippen LogP contribution < -0.4 is 14.8 Å². The van der Waals surface area contributed by atoms with E-state index in [0.29, 0.717) is 17.2 Å². The van der Waals surface area contributed by atoms with Crippen LogP contribution in [-0.2, 0) is 12.5 Å². The molecule has 1 amide bonds. The van der Waals surface area contributed by atoms with Crippen molar-refractivity contribution in [2.24, 2.45) is 0 Å². The van der Waals surface area contributed by atoms with E-state index in [-0.39, 0.29) is 24.1 Å². The number of hydrogen-bond acceptors (Lipinski definition) is 4. The zero-order valence-corrected chi connectivity index (χ0v) is 16.0. The second-order valence-electron chi connectivity index (χ2n) is 6.54. The molecule has 0 unspecified atom stereocenters. The Kier molecular flexibility index (Phi) is 4.87. The number of amides is 1. The minimum atomic E-state index is -3.21. The number of fused-ring (bicyclic) bond motifs is 1. The quantitative estimate of drug-likeness (QED) is 0.669. The summed E-state index contributed by atoms with van der Waals surface area (Å²) in [6.45, 7) is 1.04. The minimum Gasteiger partial charge on any atom is -0.454 e. The Morgan fingerprint density at radius 3 is 2.72 bits per heavy atom. The molecular weight excluding hydrogens is 404 g/mol. The summed E-state index contributed by atoms with van der Waals surface area (Å²) in [5, 5.41) is 6.92. The Hall–Kier alpha value is -3.13. The van der Waals surface area contributed by atoms with Crippen LogP contribution in [0.2, 0.25) is 5.02 Å². The molecule has 0 fully saturated rings. The Bertz CT molecular complexity index is 1080. The lowest BCUT2D eigenvalue weighted by atomic mass is 10.2. The Morgan fingerprint density at radius 2 is 1.97 bits per heavy atom. The fourth-order valence-electron chi connectivity index (χ4n) is 2.89. The number of aromatic nitrogens is 2. The summed E-state index contributed by atoms with van der Waals surface area (Å²) in [4.78, 5) is 12.8. The number of carbonyl (C=O) groups excluding carboxylic acids is 1. The molecule has 2 heterocycles. The van der Waals surface area contributed by atoms with E-state index >= 15 is 0 Å². The van der Waals surface area contributed by atoms with Crippen LogP contribution >= 0.6 is 11.6 Å². The van der Waals surface area contributed by atoms with Gasteiger partial charge in [-0.15, -0.1) is 0 Å². The number of nitrogens with zero attached hydrogens (tertiary/aromatic N) is 2. The number of halogens is 3. The van der Waals surface area contributed by atoms with Gasteiger partial charge in [0.1, 0.15) is 11.4 Å². The molecule has 1 aliphatic heterocycles. The third-order valence-corrected chi connectivity index (χ3v) is 4.68. The number of benzene rings is 2. The predicted octanol–water partition coefficient (Wildman–Crippen LogP) is 4.30. The normalized spacial score (nSPS) is 12.8. The predicted molar refractivity (Wildman–Crippen MR) is 102 cm³/mol. The fraction of sp³-hybridized carbons (Fsp3) is 0.200. The van der Waals surface area contributed by atoms with Gasteiger partial charge in [-0.05, 0) is 35.9 Å². The zero-order valence-electron chi connectivity index (χ0n) is 15.3. The van der Waals surface area contributed by atoms with Gasteiger partial charge < -0.3 is 14.8 Å². The average molecular weight is 420 g/mol. The topological polar surface area (TPSA) is 65.4 Å². The van der Waals surface area contributed by atoms with Gasteiger partial charge in [-0.2, -0.15) is 13.9 Å². The van der Waals surface area contributed by atoms with Crippen LogP contribution in [0.25, 0.3) is 5.69 Å². The highest BCUT2D eigenvalue weighted by molar-refractivity contribution is 6.32. The third kappa shape index (κ3) is 3.88. The summed E-state index contributed by atoms with van der Waals surface area (Å²) >= 11 is 6.18. The number of nitrogens with one attached hydrogen (secondary N) is 1. The lowest BCUT2D eigenvalue weighted by molar-refractivity contribution is 0.0124. The summed E-state index contributed by atoms with van der Waals surface area (Å²) in [7, 11) is 0. The van der Waals surface area contributed by atoms with E-state index in [0.717, 1.165) is 23.2 Å². The summed E-state index contributed by atoms with van der Waals surface area (Å²) in [5.41, 5.74) is 0.534. The van der Waals surface area contributed by atoms with Crippen molar-refractivity contribution in [3.8, 4) is 17.2 Å². The highest BCUT2D eigenvalue weighted by Crippen LogP contribution is 2.32. The van der Waals surface area contributed by atoms with Gasteiger partial charge in [0.15, 0.2) is 11.5 Å². The molecule has 9 heteroatoms. The molecule has 2 aromatic carbocycles. The van der Waals surface area contributed by atoms with E-state index in [2.05, 4.69) is 10.4 Å². The maximum absolute atomic E-state index is 13.8. The van der Waals surface area contributed by atoms with Gasteiger partial charge in [0, 0.05) is 13.5 Å². The van der Waals surface area contributed by atoms with E-state index in [9.17, 15) is 13.6 Å². The number of alkyl halides is 2. The highest BCUT2D eigenvalue weighted by atomic mass is 35.5. The number of ether oxygens (including phenoxy) is 2. The van der Waals surface area contributed by atoms with Gasteiger partial charge in [0.2, 0.25) is 6.79 Å². The van der Waals surface area contributed by atoms with Crippen molar-refractivity contribution >= 4 is 17.5 Å². The first-order valence-electron chi connectivity index (χ1n) is 8.73. The van der Waals surface area contributed by atoms with Gasteiger partial charge in [0.05, 0.1) is 10.7 Å². The van der Waals surface area contributed by atoms with Gasteiger partial charge in [-0.1, -0.05) is 29.8 Å². The molecule has 1 N–H and O–H groups in total. The largest absolute Gasteiger partial charge is 0.454 e. The van der Waals surface area contributed by atoms with Crippen molar-refractivity contribution in [1.29, 1.82) is 0 Å². The second-order valence-corrected chi connectivity index (χ2v) is 6.94. The first-order chi connectivity index (χ1) is 13.8. The lowest BCUT2D eigenvalue weighted by Crippen LogP contribution is -2.25. The van der Waals surface area contributed by atoms with Gasteiger partial charge in [-0.25, -0.2) is 4.68 Å². The van der Waals surface area contributed by atoms with Gasteiger partial charge in [-0.3, -0.25) is 4.79 Å². The van der Waals surface area contributed by atoms with Crippen molar-refractivity contribution < 1.29 is 23.0 Å². The molecule has 1 aliphatic rings. The molecule has 0 radical (unpaired) electrons. The summed E-state index contributed by atoms with van der Waals surface area (Å²) < 4.78 is 39.4. The number of carbonyl (C=O) groups is 1. The third-order valence-electron chi connectivity index (χ3n) is 4.36. The van der Waals surface area contributed by atoms with Crippen LogP contribution in [0.1, 0.15) is 28.7 Å². The highest BCUT2D eigenvalue weighted by Gasteiger charge is 2.31. The SMILES string of the molecule is CC(F)(F)c1cc(C(=O)NCc2ccc3c(c2)OCO3)n(-c2ccccc2Cl)n1. The molecule has 0 aliphatic carbocycles. The molecule has 4 rings (SSSR count). The maximum atomic E-state index is 13.8. The van der Waals surface area contributed by atoms with Crippen molar-refractivity contribution in [1.82, 2.24) is 15.1 Å². The van der Waals surface area contributed by atoms with E-state index in [1.165, 1.54) is 0 Å². The molecule has 1 aromatic heterocycles. The minimum absolute atomic E-state index is 0.0460. The molecule has 0 bridgehead atoms. The first kappa shape index (κ1) is 19.2. The van der Waals surface area contributed by atoms with Crippen LogP contribution in [-0.4, -0.2) is 22.5 Å². The molecule has 0 spiro atoms. The number of para-hydroxylation sites is 1. The monoisotopic (exact) mass is 419 g/mol. The molecule has 0 atom stereocenters. The van der Waals surface area contributed by atoms with Crippen LogP contribution in [0.3, 0.4) is 0 Å². The van der Waals surface area contributed by atoms with E-state index in [1.807, 2.05) is 0 Å². The van der Waals surface area contributed by atoms with Crippen LogP contribution in [0.4, 0.5) is 8.78 Å². The second kappa shape index (κ2) is 7.36. The molecule has 6 nitrogen and oxygen atoms in total. The maximum Gasteiger partial charge on any atom is 0.288 e. The van der Waals surface area contributed by atoms with Crippen molar-refractivity contribution in [3.63, 3.8) is 0 Å². The molecule has 0 saturated carbocycles.